The maximum atomic E-state index is 12.1. The van der Waals surface area contributed by atoms with Gasteiger partial charge < -0.3 is 10.6 Å². The second kappa shape index (κ2) is 7.85. The van der Waals surface area contributed by atoms with Crippen molar-refractivity contribution in [2.45, 2.75) is 24.2 Å². The first kappa shape index (κ1) is 17.0. The summed E-state index contributed by atoms with van der Waals surface area (Å²) in [5.74, 6) is 0.757. The van der Waals surface area contributed by atoms with Crippen molar-refractivity contribution in [3.63, 3.8) is 0 Å². The van der Waals surface area contributed by atoms with Crippen LogP contribution >= 0.6 is 27.7 Å². The van der Waals surface area contributed by atoms with Gasteiger partial charge in [-0.3, -0.25) is 9.59 Å². The van der Waals surface area contributed by atoms with Gasteiger partial charge >= 0.3 is 0 Å². The van der Waals surface area contributed by atoms with Crippen LogP contribution in [-0.4, -0.2) is 17.6 Å². The van der Waals surface area contributed by atoms with Crippen molar-refractivity contribution in [2.24, 2.45) is 0 Å². The van der Waals surface area contributed by atoms with Gasteiger partial charge in [0.25, 0.3) is 0 Å². The van der Waals surface area contributed by atoms with Crippen molar-refractivity contribution in [2.75, 3.05) is 16.4 Å². The summed E-state index contributed by atoms with van der Waals surface area (Å²) in [4.78, 5) is 24.6. The van der Waals surface area contributed by atoms with Gasteiger partial charge in [0.05, 0.1) is 0 Å². The Balaban J connectivity index is 1.52. The molecule has 0 saturated heterocycles. The Labute approximate surface area is 153 Å². The van der Waals surface area contributed by atoms with Crippen LogP contribution in [0.5, 0.6) is 0 Å². The SMILES string of the molecule is O=C(CCSc1ccccc1Br)Nc1ccc2c(c1)CCC(=O)N2. The van der Waals surface area contributed by atoms with Gasteiger partial charge in [-0.25, -0.2) is 0 Å². The Kier molecular flexibility index (Phi) is 5.58. The zero-order valence-corrected chi connectivity index (χ0v) is 15.4. The number of halogens is 1. The Morgan fingerprint density at radius 1 is 1.21 bits per heavy atom. The van der Waals surface area contributed by atoms with Crippen molar-refractivity contribution >= 4 is 50.9 Å². The fourth-order valence-electron chi connectivity index (χ4n) is 2.50. The summed E-state index contributed by atoms with van der Waals surface area (Å²) >= 11 is 5.16. The molecule has 0 atom stereocenters. The number of fused-ring (bicyclic) bond motifs is 1. The number of rotatable bonds is 5. The third kappa shape index (κ3) is 4.39. The number of hydrogen-bond donors (Lipinski definition) is 2. The molecule has 2 amide bonds. The van der Waals surface area contributed by atoms with Crippen LogP contribution in [0.2, 0.25) is 0 Å². The third-order valence-corrected chi connectivity index (χ3v) is 5.74. The quantitative estimate of drug-likeness (QED) is 0.723. The second-order valence-corrected chi connectivity index (χ2v) is 7.49. The number of amides is 2. The van der Waals surface area contributed by atoms with Crippen LogP contribution in [0.15, 0.2) is 51.8 Å². The molecule has 0 saturated carbocycles. The van der Waals surface area contributed by atoms with Crippen LogP contribution in [0.25, 0.3) is 0 Å². The Morgan fingerprint density at radius 2 is 2.04 bits per heavy atom. The number of hydrogen-bond acceptors (Lipinski definition) is 3. The number of benzene rings is 2. The maximum absolute atomic E-state index is 12.1. The highest BCUT2D eigenvalue weighted by atomic mass is 79.9. The molecule has 2 aromatic rings. The molecule has 1 aliphatic rings. The lowest BCUT2D eigenvalue weighted by Gasteiger charge is -2.17. The zero-order valence-electron chi connectivity index (χ0n) is 13.0. The first-order valence-corrected chi connectivity index (χ1v) is 9.49. The third-order valence-electron chi connectivity index (χ3n) is 3.71. The summed E-state index contributed by atoms with van der Waals surface area (Å²) in [6.45, 7) is 0. The Bertz CT molecular complexity index is 779. The molecule has 2 aromatic carbocycles. The summed E-state index contributed by atoms with van der Waals surface area (Å²) in [6.07, 6.45) is 1.65. The van der Waals surface area contributed by atoms with E-state index in [-0.39, 0.29) is 11.8 Å². The molecule has 1 heterocycles. The molecule has 0 bridgehead atoms. The van der Waals surface area contributed by atoms with E-state index >= 15 is 0 Å². The summed E-state index contributed by atoms with van der Waals surface area (Å²) in [7, 11) is 0. The number of aryl methyl sites for hydroxylation is 1. The van der Waals surface area contributed by atoms with Gasteiger partial charge in [-0.05, 0) is 58.2 Å². The summed E-state index contributed by atoms with van der Waals surface area (Å²) < 4.78 is 1.05. The molecule has 124 valence electrons. The smallest absolute Gasteiger partial charge is 0.225 e. The molecule has 24 heavy (non-hydrogen) atoms. The number of nitrogens with one attached hydrogen (secondary N) is 2. The monoisotopic (exact) mass is 404 g/mol. The lowest BCUT2D eigenvalue weighted by Crippen LogP contribution is -2.19. The highest BCUT2D eigenvalue weighted by Crippen LogP contribution is 2.28. The van der Waals surface area contributed by atoms with Crippen LogP contribution < -0.4 is 10.6 Å². The van der Waals surface area contributed by atoms with Crippen LogP contribution in [0, 0.1) is 0 Å². The van der Waals surface area contributed by atoms with E-state index in [9.17, 15) is 9.59 Å². The number of thioether (sulfide) groups is 1. The molecule has 3 rings (SSSR count). The van der Waals surface area contributed by atoms with Gasteiger partial charge in [0, 0.05) is 39.3 Å². The van der Waals surface area contributed by atoms with Gasteiger partial charge in [-0.15, -0.1) is 11.8 Å². The van der Waals surface area contributed by atoms with Crippen molar-refractivity contribution in [3.05, 3.63) is 52.5 Å². The topological polar surface area (TPSA) is 58.2 Å². The lowest BCUT2D eigenvalue weighted by molar-refractivity contribution is -0.117. The normalized spacial score (nSPS) is 13.1. The van der Waals surface area contributed by atoms with E-state index in [1.165, 1.54) is 0 Å². The van der Waals surface area contributed by atoms with Gasteiger partial charge in [0.2, 0.25) is 11.8 Å². The maximum Gasteiger partial charge on any atom is 0.225 e. The summed E-state index contributed by atoms with van der Waals surface area (Å²) in [5, 5.41) is 5.77. The molecule has 0 radical (unpaired) electrons. The Hall–Kier alpha value is -1.79. The first-order valence-electron chi connectivity index (χ1n) is 7.72. The molecule has 6 heteroatoms. The molecule has 1 aliphatic heterocycles. The van der Waals surface area contributed by atoms with E-state index in [1.807, 2.05) is 42.5 Å². The molecule has 0 aliphatic carbocycles. The van der Waals surface area contributed by atoms with E-state index in [0.717, 1.165) is 32.1 Å². The highest BCUT2D eigenvalue weighted by molar-refractivity contribution is 9.10. The molecule has 0 aromatic heterocycles. The molecular weight excluding hydrogens is 388 g/mol. The van der Waals surface area contributed by atoms with Crippen molar-refractivity contribution in [1.29, 1.82) is 0 Å². The van der Waals surface area contributed by atoms with Crippen molar-refractivity contribution in [1.82, 2.24) is 0 Å². The second-order valence-electron chi connectivity index (χ2n) is 5.50. The highest BCUT2D eigenvalue weighted by Gasteiger charge is 2.15. The van der Waals surface area contributed by atoms with E-state index in [0.29, 0.717) is 19.3 Å². The van der Waals surface area contributed by atoms with E-state index in [1.54, 1.807) is 11.8 Å². The minimum Gasteiger partial charge on any atom is -0.326 e. The molecule has 0 fully saturated rings. The predicted molar refractivity (Wildman–Crippen MR) is 102 cm³/mol. The van der Waals surface area contributed by atoms with Gasteiger partial charge in [0.15, 0.2) is 0 Å². The molecule has 4 nitrogen and oxygen atoms in total. The number of carbonyl (C=O) groups is 2. The fraction of sp³-hybridized carbons (Fsp3) is 0.222. The lowest BCUT2D eigenvalue weighted by atomic mass is 10.0. The van der Waals surface area contributed by atoms with Crippen molar-refractivity contribution in [3.8, 4) is 0 Å². The van der Waals surface area contributed by atoms with Gasteiger partial charge in [-0.2, -0.15) is 0 Å². The minimum absolute atomic E-state index is 0.00523. The van der Waals surface area contributed by atoms with Gasteiger partial charge in [0.1, 0.15) is 0 Å². The Morgan fingerprint density at radius 3 is 2.88 bits per heavy atom. The molecule has 2 N–H and O–H groups in total. The number of carbonyl (C=O) groups excluding carboxylic acids is 2. The number of anilines is 2. The largest absolute Gasteiger partial charge is 0.326 e. The minimum atomic E-state index is -0.00523. The first-order chi connectivity index (χ1) is 11.6. The summed E-state index contributed by atoms with van der Waals surface area (Å²) in [6, 6.07) is 13.6. The van der Waals surface area contributed by atoms with Crippen LogP contribution in [0.4, 0.5) is 11.4 Å². The van der Waals surface area contributed by atoms with Crippen molar-refractivity contribution < 1.29 is 9.59 Å². The van der Waals surface area contributed by atoms with Crippen LogP contribution in [0.3, 0.4) is 0 Å². The van der Waals surface area contributed by atoms with Gasteiger partial charge in [-0.1, -0.05) is 12.1 Å². The fourth-order valence-corrected chi connectivity index (χ4v) is 4.02. The van der Waals surface area contributed by atoms with E-state index < -0.39 is 0 Å². The average molecular weight is 405 g/mol. The standard InChI is InChI=1S/C18H17BrN2O2S/c19-14-3-1-2-4-16(14)24-10-9-18(23)20-13-6-7-15-12(11-13)5-8-17(22)21-15/h1-4,6-7,11H,5,8-10H2,(H,20,23)(H,21,22). The molecule has 0 unspecified atom stereocenters. The molecular formula is C18H17BrN2O2S. The van der Waals surface area contributed by atoms with E-state index in [4.69, 9.17) is 0 Å². The zero-order chi connectivity index (χ0) is 16.9. The van der Waals surface area contributed by atoms with Crippen LogP contribution in [-0.2, 0) is 16.0 Å². The molecule has 0 spiro atoms. The van der Waals surface area contributed by atoms with E-state index in [2.05, 4.69) is 26.6 Å². The van der Waals surface area contributed by atoms with Crippen LogP contribution in [0.1, 0.15) is 18.4 Å². The summed E-state index contributed by atoms with van der Waals surface area (Å²) in [5.41, 5.74) is 2.68. The average Bonchev–Trinajstić information content (AvgIpc) is 2.57. The predicted octanol–water partition coefficient (Wildman–Crippen LogP) is 4.45.